The number of anilines is 2. The number of amides is 2. The van der Waals surface area contributed by atoms with Crippen LogP contribution >= 0.6 is 0 Å². The Balaban J connectivity index is 1.85. The number of carbonyl (C=O) groups excluding carboxylic acids is 2. The van der Waals surface area contributed by atoms with Crippen LogP contribution in [0.15, 0.2) is 78.5 Å². The van der Waals surface area contributed by atoms with Crippen LogP contribution in [0, 0.1) is 17.0 Å². The van der Waals surface area contributed by atoms with E-state index in [1.54, 1.807) is 30.3 Å². The van der Waals surface area contributed by atoms with Gasteiger partial charge in [0.25, 0.3) is 17.5 Å². The van der Waals surface area contributed by atoms with Crippen molar-refractivity contribution >= 4 is 34.4 Å². The molecule has 0 spiro atoms. The van der Waals surface area contributed by atoms with Crippen molar-refractivity contribution in [1.29, 1.82) is 0 Å². The highest BCUT2D eigenvalue weighted by molar-refractivity contribution is 6.46. The minimum absolute atomic E-state index is 0.0734. The third-order valence-electron chi connectivity index (χ3n) is 5.25. The number of nitrogens with zero attached hydrogens (tertiary/aromatic N) is 2. The summed E-state index contributed by atoms with van der Waals surface area (Å²) in [4.78, 5) is 38.8. The summed E-state index contributed by atoms with van der Waals surface area (Å²) in [6, 6.07) is 19.8. The van der Waals surface area contributed by atoms with Gasteiger partial charge < -0.3 is 10.1 Å². The first-order chi connectivity index (χ1) is 15.9. The minimum Gasteiger partial charge on any atom is -0.492 e. The van der Waals surface area contributed by atoms with Crippen LogP contribution < -0.4 is 15.0 Å². The van der Waals surface area contributed by atoms with Gasteiger partial charge in [0.05, 0.1) is 28.5 Å². The molecular formula is C25H21N3O5. The maximum Gasteiger partial charge on any atom is 0.282 e. The Hall–Kier alpha value is -4.46. The average Bonchev–Trinajstić information content (AvgIpc) is 3.05. The smallest absolute Gasteiger partial charge is 0.282 e. The van der Waals surface area contributed by atoms with Crippen molar-refractivity contribution < 1.29 is 19.2 Å². The van der Waals surface area contributed by atoms with E-state index in [0.29, 0.717) is 29.3 Å². The first-order valence-electron chi connectivity index (χ1n) is 10.3. The molecule has 8 nitrogen and oxygen atoms in total. The fourth-order valence-corrected chi connectivity index (χ4v) is 3.68. The predicted octanol–water partition coefficient (Wildman–Crippen LogP) is 4.70. The van der Waals surface area contributed by atoms with E-state index in [-0.39, 0.29) is 17.0 Å². The molecule has 4 rings (SSSR count). The van der Waals surface area contributed by atoms with Gasteiger partial charge in [-0.05, 0) is 55.3 Å². The third-order valence-corrected chi connectivity index (χ3v) is 5.25. The van der Waals surface area contributed by atoms with Crippen molar-refractivity contribution in [3.8, 4) is 5.75 Å². The summed E-state index contributed by atoms with van der Waals surface area (Å²) >= 11 is 0. The lowest BCUT2D eigenvalue weighted by Crippen LogP contribution is -2.33. The van der Waals surface area contributed by atoms with E-state index in [1.165, 1.54) is 24.3 Å². The highest BCUT2D eigenvalue weighted by Gasteiger charge is 2.41. The van der Waals surface area contributed by atoms with Gasteiger partial charge in [-0.3, -0.25) is 19.7 Å². The molecule has 8 heteroatoms. The molecule has 3 aromatic rings. The van der Waals surface area contributed by atoms with E-state index in [2.05, 4.69) is 5.32 Å². The number of imide groups is 1. The fraction of sp³-hybridized carbons (Fsp3) is 0.120. The largest absolute Gasteiger partial charge is 0.492 e. The van der Waals surface area contributed by atoms with E-state index >= 15 is 0 Å². The van der Waals surface area contributed by atoms with Crippen molar-refractivity contribution in [2.75, 3.05) is 16.8 Å². The fourth-order valence-electron chi connectivity index (χ4n) is 3.68. The number of benzene rings is 3. The van der Waals surface area contributed by atoms with E-state index < -0.39 is 16.7 Å². The van der Waals surface area contributed by atoms with Gasteiger partial charge in [-0.1, -0.05) is 30.3 Å². The predicted molar refractivity (Wildman–Crippen MR) is 125 cm³/mol. The number of non-ortho nitro benzene ring substituents is 1. The Kier molecular flexibility index (Phi) is 5.91. The van der Waals surface area contributed by atoms with Gasteiger partial charge in [0.1, 0.15) is 11.4 Å². The van der Waals surface area contributed by atoms with Crippen molar-refractivity contribution in [3.05, 3.63) is 99.7 Å². The summed E-state index contributed by atoms with van der Waals surface area (Å²) in [6.07, 6.45) is 0. The highest BCUT2D eigenvalue weighted by atomic mass is 16.6. The molecule has 1 aliphatic rings. The van der Waals surface area contributed by atoms with Crippen LogP contribution in [0.3, 0.4) is 0 Å². The zero-order valence-electron chi connectivity index (χ0n) is 18.1. The summed E-state index contributed by atoms with van der Waals surface area (Å²) in [7, 11) is 0. The summed E-state index contributed by atoms with van der Waals surface area (Å²) in [5.41, 5.74) is 2.25. The van der Waals surface area contributed by atoms with E-state index in [1.807, 2.05) is 32.0 Å². The molecule has 0 saturated heterocycles. The lowest BCUT2D eigenvalue weighted by molar-refractivity contribution is -0.384. The molecule has 166 valence electrons. The Labute approximate surface area is 190 Å². The van der Waals surface area contributed by atoms with Crippen LogP contribution in [0.2, 0.25) is 0 Å². The molecule has 1 N–H and O–H groups in total. The first kappa shape index (κ1) is 21.8. The maximum atomic E-state index is 13.5. The van der Waals surface area contributed by atoms with Crippen molar-refractivity contribution in [3.63, 3.8) is 0 Å². The zero-order chi connectivity index (χ0) is 23.5. The molecule has 3 aromatic carbocycles. The number of hydrogen-bond donors (Lipinski definition) is 1. The molecule has 1 heterocycles. The van der Waals surface area contributed by atoms with Crippen LogP contribution in [0.1, 0.15) is 18.1 Å². The van der Waals surface area contributed by atoms with E-state index in [4.69, 9.17) is 4.74 Å². The van der Waals surface area contributed by atoms with Gasteiger partial charge in [-0.2, -0.15) is 0 Å². The standard InChI is InChI=1S/C25H21N3O5/c1-3-33-21-11-7-5-9-19(21)26-23-22(17-12-14-18(15-13-17)28(31)32)24(29)27(25(23)30)20-10-6-4-8-16(20)2/h4-15,26H,3H2,1-2H3. The Bertz CT molecular complexity index is 1280. The number of carbonyl (C=O) groups is 2. The topological polar surface area (TPSA) is 102 Å². The van der Waals surface area contributed by atoms with Crippen LogP contribution in [-0.2, 0) is 9.59 Å². The number of rotatable bonds is 7. The third kappa shape index (κ3) is 4.06. The molecule has 0 fully saturated rings. The Morgan fingerprint density at radius 1 is 0.939 bits per heavy atom. The van der Waals surface area contributed by atoms with E-state index in [0.717, 1.165) is 10.5 Å². The van der Waals surface area contributed by atoms with Crippen LogP contribution in [-0.4, -0.2) is 23.3 Å². The Morgan fingerprint density at radius 3 is 2.27 bits per heavy atom. The SMILES string of the molecule is CCOc1ccccc1NC1=C(c2ccc([N+](=O)[O-])cc2)C(=O)N(c2ccccc2C)C1=O. The lowest BCUT2D eigenvalue weighted by Gasteiger charge is -2.18. The summed E-state index contributed by atoms with van der Waals surface area (Å²) in [5.74, 6) is -0.501. The van der Waals surface area contributed by atoms with Gasteiger partial charge in [-0.25, -0.2) is 4.90 Å². The van der Waals surface area contributed by atoms with Crippen LogP contribution in [0.5, 0.6) is 5.75 Å². The molecule has 0 saturated carbocycles. The average molecular weight is 443 g/mol. The summed E-state index contributed by atoms with van der Waals surface area (Å²) in [6.45, 7) is 4.09. The van der Waals surface area contributed by atoms with Crippen molar-refractivity contribution in [2.45, 2.75) is 13.8 Å². The highest BCUT2D eigenvalue weighted by Crippen LogP contribution is 2.37. The summed E-state index contributed by atoms with van der Waals surface area (Å²) < 4.78 is 5.65. The number of nitro benzene ring substituents is 1. The molecule has 2 amide bonds. The van der Waals surface area contributed by atoms with Gasteiger partial charge in [0.15, 0.2) is 0 Å². The molecular weight excluding hydrogens is 422 g/mol. The number of aryl methyl sites for hydroxylation is 1. The normalized spacial score (nSPS) is 13.5. The Morgan fingerprint density at radius 2 is 1.61 bits per heavy atom. The van der Waals surface area contributed by atoms with Gasteiger partial charge in [0, 0.05) is 12.1 Å². The van der Waals surface area contributed by atoms with Crippen LogP contribution in [0.4, 0.5) is 17.1 Å². The number of nitrogens with one attached hydrogen (secondary N) is 1. The number of para-hydroxylation sites is 3. The monoisotopic (exact) mass is 443 g/mol. The van der Waals surface area contributed by atoms with E-state index in [9.17, 15) is 19.7 Å². The number of nitro groups is 1. The minimum atomic E-state index is -0.519. The second kappa shape index (κ2) is 8.96. The van der Waals surface area contributed by atoms with Crippen molar-refractivity contribution in [2.24, 2.45) is 0 Å². The molecule has 0 unspecified atom stereocenters. The van der Waals surface area contributed by atoms with Gasteiger partial charge in [-0.15, -0.1) is 0 Å². The molecule has 0 bridgehead atoms. The molecule has 0 aliphatic carbocycles. The molecule has 0 atom stereocenters. The zero-order valence-corrected chi connectivity index (χ0v) is 18.1. The lowest BCUT2D eigenvalue weighted by atomic mass is 10.0. The quantitative estimate of drug-likeness (QED) is 0.323. The van der Waals surface area contributed by atoms with Gasteiger partial charge >= 0.3 is 0 Å². The molecule has 1 aliphatic heterocycles. The maximum absolute atomic E-state index is 13.5. The number of ether oxygens (including phenoxy) is 1. The summed E-state index contributed by atoms with van der Waals surface area (Å²) in [5, 5.41) is 14.2. The first-order valence-corrected chi connectivity index (χ1v) is 10.3. The molecule has 33 heavy (non-hydrogen) atoms. The number of hydrogen-bond acceptors (Lipinski definition) is 6. The molecule has 0 radical (unpaired) electrons. The second-order valence-electron chi connectivity index (χ2n) is 7.34. The second-order valence-corrected chi connectivity index (χ2v) is 7.34. The van der Waals surface area contributed by atoms with Crippen molar-refractivity contribution in [1.82, 2.24) is 0 Å². The van der Waals surface area contributed by atoms with Gasteiger partial charge in [0.2, 0.25) is 0 Å². The van der Waals surface area contributed by atoms with Crippen LogP contribution in [0.25, 0.3) is 5.57 Å². The molecule has 0 aromatic heterocycles.